The molecule has 0 radical (unpaired) electrons. The van der Waals surface area contributed by atoms with Gasteiger partial charge in [0.2, 0.25) is 0 Å². The molecule has 19 heavy (non-hydrogen) atoms. The van der Waals surface area contributed by atoms with Gasteiger partial charge in [0.05, 0.1) is 0 Å². The van der Waals surface area contributed by atoms with Crippen LogP contribution < -0.4 is 0 Å². The lowest BCUT2D eigenvalue weighted by atomic mass is 9.83. The van der Waals surface area contributed by atoms with Crippen LogP contribution in [-0.2, 0) is 12.8 Å². The van der Waals surface area contributed by atoms with E-state index >= 15 is 0 Å². The molecule has 0 heteroatoms. The van der Waals surface area contributed by atoms with Crippen LogP contribution in [-0.4, -0.2) is 0 Å². The maximum atomic E-state index is 2.36. The van der Waals surface area contributed by atoms with E-state index in [-0.39, 0.29) is 0 Å². The van der Waals surface area contributed by atoms with Crippen molar-refractivity contribution in [3.8, 4) is 0 Å². The first-order valence-electron chi connectivity index (χ1n) is 7.34. The van der Waals surface area contributed by atoms with E-state index in [0.717, 1.165) is 0 Å². The molecule has 2 aliphatic carbocycles. The Bertz CT molecular complexity index is 702. The fourth-order valence-electron chi connectivity index (χ4n) is 3.58. The smallest absolute Gasteiger partial charge is 0.0103 e. The van der Waals surface area contributed by atoms with E-state index in [1.807, 2.05) is 0 Å². The van der Waals surface area contributed by atoms with Crippen molar-refractivity contribution in [2.75, 3.05) is 0 Å². The topological polar surface area (TPSA) is 0 Å². The van der Waals surface area contributed by atoms with Crippen molar-refractivity contribution >= 4 is 22.9 Å². The molecule has 2 aliphatic rings. The van der Waals surface area contributed by atoms with Crippen LogP contribution in [0, 0.1) is 0 Å². The number of hydrogen-bond donors (Lipinski definition) is 0. The molecule has 0 spiro atoms. The standard InChI is InChI=1S/C19H18/c1-2-8-14-15(9-3-1)17-11-5-7-13-19(17)18-12-6-4-10-16(14)18/h2,4,6-8,10,12-13H,1,3,5,9,11H2. The van der Waals surface area contributed by atoms with E-state index in [9.17, 15) is 0 Å². The minimum atomic E-state index is 1.20. The molecular formula is C19H18. The monoisotopic (exact) mass is 246 g/mol. The lowest BCUT2D eigenvalue weighted by molar-refractivity contribution is 0.832. The highest BCUT2D eigenvalue weighted by molar-refractivity contribution is 5.99. The van der Waals surface area contributed by atoms with E-state index < -0.39 is 0 Å². The van der Waals surface area contributed by atoms with Gasteiger partial charge in [-0.15, -0.1) is 0 Å². The maximum absolute atomic E-state index is 2.36. The van der Waals surface area contributed by atoms with Crippen LogP contribution in [0.1, 0.15) is 41.5 Å². The summed E-state index contributed by atoms with van der Waals surface area (Å²) in [7, 11) is 0. The van der Waals surface area contributed by atoms with Gasteiger partial charge in [-0.1, -0.05) is 48.6 Å². The summed E-state index contributed by atoms with van der Waals surface area (Å²) in [4.78, 5) is 0. The summed E-state index contributed by atoms with van der Waals surface area (Å²) in [5.74, 6) is 0. The van der Waals surface area contributed by atoms with E-state index in [4.69, 9.17) is 0 Å². The molecular weight excluding hydrogens is 228 g/mol. The normalized spacial score (nSPS) is 17.1. The zero-order valence-corrected chi connectivity index (χ0v) is 11.2. The third-order valence-corrected chi connectivity index (χ3v) is 4.45. The molecule has 94 valence electrons. The molecule has 2 aromatic rings. The molecule has 0 aromatic heterocycles. The fourth-order valence-corrected chi connectivity index (χ4v) is 3.58. The van der Waals surface area contributed by atoms with E-state index in [0.29, 0.717) is 0 Å². The van der Waals surface area contributed by atoms with Crippen molar-refractivity contribution in [1.29, 1.82) is 0 Å². The zero-order valence-electron chi connectivity index (χ0n) is 11.2. The molecule has 4 rings (SSSR count). The first kappa shape index (κ1) is 11.0. The van der Waals surface area contributed by atoms with Crippen LogP contribution in [0.3, 0.4) is 0 Å². The Morgan fingerprint density at radius 1 is 0.684 bits per heavy atom. The summed E-state index contributed by atoms with van der Waals surface area (Å²) in [6.07, 6.45) is 15.5. The average molecular weight is 246 g/mol. The molecule has 0 nitrogen and oxygen atoms in total. The molecule has 0 unspecified atom stereocenters. The zero-order chi connectivity index (χ0) is 12.7. The number of benzene rings is 2. The third-order valence-electron chi connectivity index (χ3n) is 4.45. The Labute approximate surface area is 114 Å². The molecule has 0 N–H and O–H groups in total. The minimum absolute atomic E-state index is 1.20. The average Bonchev–Trinajstić information content (AvgIpc) is 2.73. The summed E-state index contributed by atoms with van der Waals surface area (Å²) in [6, 6.07) is 8.90. The molecule has 0 heterocycles. The quantitative estimate of drug-likeness (QED) is 0.603. The van der Waals surface area contributed by atoms with Gasteiger partial charge >= 0.3 is 0 Å². The van der Waals surface area contributed by atoms with Crippen molar-refractivity contribution in [3.63, 3.8) is 0 Å². The number of rotatable bonds is 0. The molecule has 0 amide bonds. The van der Waals surface area contributed by atoms with Crippen molar-refractivity contribution in [3.05, 3.63) is 58.7 Å². The van der Waals surface area contributed by atoms with Gasteiger partial charge in [0, 0.05) is 0 Å². The van der Waals surface area contributed by atoms with E-state index in [1.54, 1.807) is 11.1 Å². The molecule has 0 bridgehead atoms. The van der Waals surface area contributed by atoms with Crippen molar-refractivity contribution in [2.24, 2.45) is 0 Å². The lowest BCUT2D eigenvalue weighted by Crippen LogP contribution is -2.04. The second-order valence-electron chi connectivity index (χ2n) is 5.57. The summed E-state index contributed by atoms with van der Waals surface area (Å²) < 4.78 is 0. The summed E-state index contributed by atoms with van der Waals surface area (Å²) in [5.41, 5.74) is 6.20. The first-order chi connectivity index (χ1) is 9.45. The maximum Gasteiger partial charge on any atom is -0.0103 e. The second-order valence-corrected chi connectivity index (χ2v) is 5.57. The van der Waals surface area contributed by atoms with Gasteiger partial charge in [-0.3, -0.25) is 0 Å². The van der Waals surface area contributed by atoms with Gasteiger partial charge in [0.25, 0.3) is 0 Å². The molecule has 0 saturated heterocycles. The SMILES string of the molecule is C1=Cc2c(c3c(c4ccccc24)C=CCC3)CCC1. The van der Waals surface area contributed by atoms with Crippen molar-refractivity contribution in [1.82, 2.24) is 0 Å². The van der Waals surface area contributed by atoms with Crippen LogP contribution in [0.5, 0.6) is 0 Å². The highest BCUT2D eigenvalue weighted by atomic mass is 14.2. The van der Waals surface area contributed by atoms with Gasteiger partial charge < -0.3 is 0 Å². The van der Waals surface area contributed by atoms with Gasteiger partial charge in [0.15, 0.2) is 0 Å². The van der Waals surface area contributed by atoms with Crippen LogP contribution in [0.25, 0.3) is 22.9 Å². The van der Waals surface area contributed by atoms with Gasteiger partial charge in [-0.25, -0.2) is 0 Å². The summed E-state index contributed by atoms with van der Waals surface area (Å²) in [5, 5.41) is 2.86. The summed E-state index contributed by atoms with van der Waals surface area (Å²) >= 11 is 0. The third kappa shape index (κ3) is 1.67. The molecule has 0 fully saturated rings. The number of allylic oxidation sites excluding steroid dienone is 2. The van der Waals surface area contributed by atoms with Gasteiger partial charge in [0.1, 0.15) is 0 Å². The Morgan fingerprint density at radius 2 is 1.32 bits per heavy atom. The van der Waals surface area contributed by atoms with Crippen molar-refractivity contribution in [2.45, 2.75) is 32.1 Å². The predicted octanol–water partition coefficient (Wildman–Crippen LogP) is 5.15. The highest BCUT2D eigenvalue weighted by Gasteiger charge is 2.18. The number of hydrogen-bond acceptors (Lipinski definition) is 0. The number of fused-ring (bicyclic) bond motifs is 6. The first-order valence-corrected chi connectivity index (χ1v) is 7.34. The molecule has 2 aromatic carbocycles. The summed E-state index contributed by atoms with van der Waals surface area (Å²) in [6.45, 7) is 0. The van der Waals surface area contributed by atoms with Crippen LogP contribution >= 0.6 is 0 Å². The van der Waals surface area contributed by atoms with Gasteiger partial charge in [-0.2, -0.15) is 0 Å². The highest BCUT2D eigenvalue weighted by Crippen LogP contribution is 2.37. The predicted molar refractivity (Wildman–Crippen MR) is 83.3 cm³/mol. The lowest BCUT2D eigenvalue weighted by Gasteiger charge is -2.21. The van der Waals surface area contributed by atoms with E-state index in [2.05, 4.69) is 48.6 Å². The Kier molecular flexibility index (Phi) is 2.55. The van der Waals surface area contributed by atoms with Gasteiger partial charge in [-0.05, 0) is 65.1 Å². The van der Waals surface area contributed by atoms with Crippen LogP contribution in [0.15, 0.2) is 36.4 Å². The Balaban J connectivity index is 2.17. The molecule has 0 atom stereocenters. The molecule has 0 aliphatic heterocycles. The minimum Gasteiger partial charge on any atom is -0.0839 e. The molecule has 0 saturated carbocycles. The second kappa shape index (κ2) is 4.38. The van der Waals surface area contributed by atoms with Crippen molar-refractivity contribution < 1.29 is 0 Å². The Morgan fingerprint density at radius 3 is 2.05 bits per heavy atom. The van der Waals surface area contributed by atoms with E-state index in [1.165, 1.54) is 54.0 Å². The largest absolute Gasteiger partial charge is 0.0839 e. The fraction of sp³-hybridized carbons (Fsp3) is 0.263. The Hall–Kier alpha value is -1.82. The van der Waals surface area contributed by atoms with Crippen LogP contribution in [0.2, 0.25) is 0 Å². The van der Waals surface area contributed by atoms with Crippen LogP contribution in [0.4, 0.5) is 0 Å².